The maximum atomic E-state index is 13.3. The molecule has 1 aromatic carbocycles. The van der Waals surface area contributed by atoms with E-state index in [4.69, 9.17) is 0 Å². The van der Waals surface area contributed by atoms with Gasteiger partial charge in [-0.25, -0.2) is 4.39 Å². The van der Waals surface area contributed by atoms with E-state index in [1.165, 1.54) is 28.4 Å². The summed E-state index contributed by atoms with van der Waals surface area (Å²) in [6.07, 6.45) is 0.818. The number of thiophene rings is 1. The second-order valence-corrected chi connectivity index (χ2v) is 7.24. The van der Waals surface area contributed by atoms with Crippen LogP contribution in [0.25, 0.3) is 0 Å². The van der Waals surface area contributed by atoms with Gasteiger partial charge in [-0.15, -0.1) is 11.3 Å². The molecule has 3 rings (SSSR count). The van der Waals surface area contributed by atoms with Gasteiger partial charge >= 0.3 is 0 Å². The van der Waals surface area contributed by atoms with Crippen LogP contribution >= 0.6 is 27.3 Å². The number of Topliss-reactive ketones (excluding diaryl/α,β-unsaturated/α-hetero) is 1. The number of benzene rings is 1. The van der Waals surface area contributed by atoms with E-state index in [1.54, 1.807) is 18.2 Å². The first kappa shape index (κ1) is 14.4. The summed E-state index contributed by atoms with van der Waals surface area (Å²) < 4.78 is 14.1. The van der Waals surface area contributed by atoms with E-state index in [0.717, 1.165) is 9.35 Å². The van der Waals surface area contributed by atoms with Crippen molar-refractivity contribution in [2.24, 2.45) is 0 Å². The Morgan fingerprint density at radius 3 is 2.81 bits per heavy atom. The highest BCUT2D eigenvalue weighted by Crippen LogP contribution is 2.29. The molecule has 0 fully saturated rings. The number of hydrogen-bond donors (Lipinski definition) is 0. The average Bonchev–Trinajstić information content (AvgIpc) is 2.88. The van der Waals surface area contributed by atoms with Crippen LogP contribution in [0.2, 0.25) is 0 Å². The number of nitrogens with zero attached hydrogens (tertiary/aromatic N) is 1. The molecule has 1 aliphatic rings. The molecule has 2 aromatic rings. The number of hydrogen-bond acceptors (Lipinski definition) is 3. The minimum absolute atomic E-state index is 0.00950. The lowest BCUT2D eigenvalue weighted by atomic mass is 10.0. The number of halogens is 2. The topological polar surface area (TPSA) is 37.4 Å². The Morgan fingerprint density at radius 1 is 1.29 bits per heavy atom. The molecule has 0 N–H and O–H groups in total. The largest absolute Gasteiger partial charge is 0.304 e. The zero-order valence-electron chi connectivity index (χ0n) is 10.9. The monoisotopic (exact) mass is 367 g/mol. The van der Waals surface area contributed by atoms with Gasteiger partial charge in [-0.1, -0.05) is 0 Å². The molecule has 1 amide bonds. The molecular formula is C15H11BrFNO2S. The zero-order valence-corrected chi connectivity index (χ0v) is 13.3. The Kier molecular flexibility index (Phi) is 3.91. The van der Waals surface area contributed by atoms with E-state index in [1.807, 2.05) is 0 Å². The van der Waals surface area contributed by atoms with Gasteiger partial charge in [0.1, 0.15) is 5.82 Å². The molecule has 3 nitrogen and oxygen atoms in total. The minimum Gasteiger partial charge on any atom is -0.304 e. The molecule has 0 unspecified atom stereocenters. The van der Waals surface area contributed by atoms with Crippen molar-refractivity contribution in [3.05, 3.63) is 50.4 Å². The van der Waals surface area contributed by atoms with E-state index in [9.17, 15) is 14.0 Å². The first-order valence-corrected chi connectivity index (χ1v) is 8.03. The van der Waals surface area contributed by atoms with Gasteiger partial charge in [0.15, 0.2) is 5.78 Å². The predicted octanol–water partition coefficient (Wildman–Crippen LogP) is 3.81. The number of anilines is 1. The molecule has 6 heteroatoms. The van der Waals surface area contributed by atoms with Crippen molar-refractivity contribution in [3.8, 4) is 0 Å². The highest BCUT2D eigenvalue weighted by atomic mass is 79.9. The van der Waals surface area contributed by atoms with Crippen molar-refractivity contribution in [1.82, 2.24) is 0 Å². The number of carbonyl (C=O) groups is 2. The molecule has 0 saturated heterocycles. The third-order valence-corrected chi connectivity index (χ3v) is 5.06. The maximum absolute atomic E-state index is 13.3. The molecule has 108 valence electrons. The van der Waals surface area contributed by atoms with Gasteiger partial charge in [0.25, 0.3) is 0 Å². The molecule has 0 spiro atoms. The highest BCUT2D eigenvalue weighted by molar-refractivity contribution is 9.11. The van der Waals surface area contributed by atoms with Gasteiger partial charge < -0.3 is 4.90 Å². The second kappa shape index (κ2) is 5.69. The van der Waals surface area contributed by atoms with Crippen LogP contribution in [0.4, 0.5) is 10.1 Å². The first-order valence-electron chi connectivity index (χ1n) is 6.42. The van der Waals surface area contributed by atoms with Crippen molar-refractivity contribution in [2.75, 3.05) is 11.4 Å². The van der Waals surface area contributed by atoms with E-state index in [0.29, 0.717) is 23.4 Å². The van der Waals surface area contributed by atoms with Crippen LogP contribution in [-0.2, 0) is 11.2 Å². The van der Waals surface area contributed by atoms with Crippen molar-refractivity contribution in [1.29, 1.82) is 0 Å². The van der Waals surface area contributed by atoms with E-state index >= 15 is 0 Å². The van der Waals surface area contributed by atoms with Gasteiger partial charge in [-0.2, -0.15) is 0 Å². The van der Waals surface area contributed by atoms with E-state index in [-0.39, 0.29) is 24.1 Å². The van der Waals surface area contributed by atoms with Crippen molar-refractivity contribution >= 4 is 44.6 Å². The summed E-state index contributed by atoms with van der Waals surface area (Å²) in [5, 5.41) is 0. The Balaban J connectivity index is 1.88. The molecule has 0 aliphatic carbocycles. The van der Waals surface area contributed by atoms with Gasteiger partial charge in [0.2, 0.25) is 5.91 Å². The van der Waals surface area contributed by atoms with Crippen molar-refractivity contribution < 1.29 is 14.0 Å². The molecule has 0 bridgehead atoms. The Hall–Kier alpha value is -1.53. The van der Waals surface area contributed by atoms with Crippen LogP contribution in [0, 0.1) is 5.82 Å². The van der Waals surface area contributed by atoms with E-state index < -0.39 is 0 Å². The Labute approximate surface area is 133 Å². The predicted molar refractivity (Wildman–Crippen MR) is 83.4 cm³/mol. The first-order chi connectivity index (χ1) is 10.0. The highest BCUT2D eigenvalue weighted by Gasteiger charge is 2.26. The number of ketones is 1. The van der Waals surface area contributed by atoms with Crippen LogP contribution < -0.4 is 4.90 Å². The molecule has 21 heavy (non-hydrogen) atoms. The van der Waals surface area contributed by atoms with Crippen LogP contribution in [0.15, 0.2) is 34.1 Å². The lowest BCUT2D eigenvalue weighted by molar-refractivity contribution is -0.118. The van der Waals surface area contributed by atoms with Crippen LogP contribution in [0.1, 0.15) is 21.7 Å². The smallest absolute Gasteiger partial charge is 0.227 e. The summed E-state index contributed by atoms with van der Waals surface area (Å²) in [6, 6.07) is 7.85. The van der Waals surface area contributed by atoms with Gasteiger partial charge in [-0.05, 0) is 58.2 Å². The quantitative estimate of drug-likeness (QED) is 0.773. The van der Waals surface area contributed by atoms with Crippen LogP contribution in [-0.4, -0.2) is 18.2 Å². The lowest BCUT2D eigenvalue weighted by Gasteiger charge is -2.28. The number of rotatable bonds is 3. The fourth-order valence-electron chi connectivity index (χ4n) is 2.39. The fraction of sp³-hybridized carbons (Fsp3) is 0.200. The molecule has 0 atom stereocenters. The molecule has 0 radical (unpaired) electrons. The third-order valence-electron chi connectivity index (χ3n) is 3.39. The standard InChI is InChI=1S/C15H11BrFNO2S/c16-14-5-4-13(21-14)12(19)8-18-11-3-2-10(17)7-9(11)1-6-15(18)20/h2-5,7H,1,6,8H2. The molecule has 1 aromatic heterocycles. The Bertz CT molecular complexity index is 728. The fourth-order valence-corrected chi connectivity index (χ4v) is 3.70. The zero-order chi connectivity index (χ0) is 15.0. The van der Waals surface area contributed by atoms with Crippen LogP contribution in [0.3, 0.4) is 0 Å². The SMILES string of the molecule is O=C(CN1C(=O)CCc2cc(F)ccc21)c1ccc(Br)s1. The summed E-state index contributed by atoms with van der Waals surface area (Å²) in [7, 11) is 0. The number of carbonyl (C=O) groups excluding carboxylic acids is 2. The summed E-state index contributed by atoms with van der Waals surface area (Å²) in [5.41, 5.74) is 1.41. The maximum Gasteiger partial charge on any atom is 0.227 e. The molecular weight excluding hydrogens is 357 g/mol. The molecule has 1 aliphatic heterocycles. The summed E-state index contributed by atoms with van der Waals surface area (Å²) in [6.45, 7) is -0.00950. The average molecular weight is 368 g/mol. The second-order valence-electron chi connectivity index (χ2n) is 4.78. The number of amides is 1. The van der Waals surface area contributed by atoms with Gasteiger partial charge in [-0.3, -0.25) is 9.59 Å². The summed E-state index contributed by atoms with van der Waals surface area (Å²) >= 11 is 4.65. The van der Waals surface area contributed by atoms with Gasteiger partial charge in [0, 0.05) is 12.1 Å². The Morgan fingerprint density at radius 2 is 2.10 bits per heavy atom. The third kappa shape index (κ3) is 2.91. The molecule has 2 heterocycles. The number of fused-ring (bicyclic) bond motifs is 1. The van der Waals surface area contributed by atoms with E-state index in [2.05, 4.69) is 15.9 Å². The normalized spacial score (nSPS) is 14.2. The van der Waals surface area contributed by atoms with Crippen LogP contribution in [0.5, 0.6) is 0 Å². The van der Waals surface area contributed by atoms with Crippen molar-refractivity contribution in [3.63, 3.8) is 0 Å². The molecule has 0 saturated carbocycles. The van der Waals surface area contributed by atoms with Gasteiger partial charge in [0.05, 0.1) is 15.2 Å². The summed E-state index contributed by atoms with van der Waals surface area (Å²) in [4.78, 5) is 26.4. The number of aryl methyl sites for hydroxylation is 1. The summed E-state index contributed by atoms with van der Waals surface area (Å²) in [5.74, 6) is -0.536. The lowest BCUT2D eigenvalue weighted by Crippen LogP contribution is -2.38. The minimum atomic E-state index is -0.323. The van der Waals surface area contributed by atoms with Crippen molar-refractivity contribution in [2.45, 2.75) is 12.8 Å².